The van der Waals surface area contributed by atoms with E-state index in [4.69, 9.17) is 4.74 Å². The topological polar surface area (TPSA) is 61.4 Å². The highest BCUT2D eigenvalue weighted by Crippen LogP contribution is 2.24. The average Bonchev–Trinajstić information content (AvgIpc) is 3.06. The molecule has 0 radical (unpaired) electrons. The summed E-state index contributed by atoms with van der Waals surface area (Å²) in [5.41, 5.74) is 1.32. The van der Waals surface area contributed by atoms with Crippen LogP contribution in [0, 0.1) is 0 Å². The molecule has 4 aromatic rings. The second kappa shape index (κ2) is 5.49. The lowest BCUT2D eigenvalue weighted by atomic mass is 10.2. The summed E-state index contributed by atoms with van der Waals surface area (Å²) in [6.45, 7) is 2.02. The zero-order valence-corrected chi connectivity index (χ0v) is 13.4. The fraction of sp³-hybridized carbons (Fsp3) is 0.167. The molecule has 0 bridgehead atoms. The molecular formula is C18H16N4O2. The van der Waals surface area contributed by atoms with Gasteiger partial charge in [-0.2, -0.15) is 0 Å². The van der Waals surface area contributed by atoms with Gasteiger partial charge in [-0.3, -0.25) is 9.20 Å². The number of methoxy groups -OCH3 is 1. The zero-order chi connectivity index (χ0) is 16.7. The number of hydrogen-bond donors (Lipinski definition) is 0. The summed E-state index contributed by atoms with van der Waals surface area (Å²) >= 11 is 0. The quantitative estimate of drug-likeness (QED) is 0.582. The first-order chi connectivity index (χ1) is 11.8. The Labute approximate surface area is 137 Å². The van der Waals surface area contributed by atoms with Crippen LogP contribution in [0.5, 0.6) is 5.75 Å². The van der Waals surface area contributed by atoms with Crippen molar-refractivity contribution in [1.82, 2.24) is 19.2 Å². The third-order valence-electron chi connectivity index (χ3n) is 4.13. The van der Waals surface area contributed by atoms with Gasteiger partial charge in [-0.15, -0.1) is 10.2 Å². The van der Waals surface area contributed by atoms with Crippen LogP contribution in [0.2, 0.25) is 0 Å². The molecule has 0 amide bonds. The summed E-state index contributed by atoms with van der Waals surface area (Å²) in [6.07, 6.45) is 0.718. The molecule has 24 heavy (non-hydrogen) atoms. The van der Waals surface area contributed by atoms with Crippen molar-refractivity contribution in [3.8, 4) is 11.4 Å². The predicted octanol–water partition coefficient (Wildman–Crippen LogP) is 2.60. The van der Waals surface area contributed by atoms with Gasteiger partial charge in [0.05, 0.1) is 23.7 Å². The zero-order valence-electron chi connectivity index (χ0n) is 13.4. The van der Waals surface area contributed by atoms with E-state index in [1.54, 1.807) is 11.7 Å². The molecule has 2 aromatic carbocycles. The van der Waals surface area contributed by atoms with E-state index in [1.165, 1.54) is 0 Å². The number of aryl methyl sites for hydroxylation is 1. The Kier molecular flexibility index (Phi) is 3.30. The molecule has 0 aliphatic carbocycles. The number of aromatic nitrogens is 4. The summed E-state index contributed by atoms with van der Waals surface area (Å²) in [5, 5.41) is 9.15. The van der Waals surface area contributed by atoms with E-state index in [2.05, 4.69) is 10.2 Å². The van der Waals surface area contributed by atoms with Gasteiger partial charge in [0.15, 0.2) is 0 Å². The van der Waals surface area contributed by atoms with Gasteiger partial charge in [0.2, 0.25) is 5.78 Å². The van der Waals surface area contributed by atoms with Gasteiger partial charge in [-0.05, 0) is 24.3 Å². The van der Waals surface area contributed by atoms with Crippen LogP contribution in [0.3, 0.4) is 0 Å². The largest absolute Gasteiger partial charge is 0.495 e. The van der Waals surface area contributed by atoms with E-state index in [0.717, 1.165) is 17.8 Å². The van der Waals surface area contributed by atoms with E-state index in [0.29, 0.717) is 22.6 Å². The third kappa shape index (κ3) is 1.93. The van der Waals surface area contributed by atoms with Crippen LogP contribution in [0.4, 0.5) is 0 Å². The van der Waals surface area contributed by atoms with Gasteiger partial charge in [0, 0.05) is 6.42 Å². The van der Waals surface area contributed by atoms with Crippen molar-refractivity contribution in [1.29, 1.82) is 0 Å². The van der Waals surface area contributed by atoms with Crippen LogP contribution < -0.4 is 10.3 Å². The normalized spacial score (nSPS) is 11.2. The maximum Gasteiger partial charge on any atom is 0.267 e. The minimum absolute atomic E-state index is 0.141. The van der Waals surface area contributed by atoms with Crippen molar-refractivity contribution in [2.45, 2.75) is 13.3 Å². The number of ether oxygens (including phenoxy) is 1. The highest BCUT2D eigenvalue weighted by molar-refractivity contribution is 5.81. The molecule has 120 valence electrons. The first kappa shape index (κ1) is 14.4. The molecule has 6 heteroatoms. The van der Waals surface area contributed by atoms with Crippen molar-refractivity contribution in [3.05, 3.63) is 64.7 Å². The van der Waals surface area contributed by atoms with Gasteiger partial charge >= 0.3 is 0 Å². The lowest BCUT2D eigenvalue weighted by Crippen LogP contribution is -2.22. The number of rotatable bonds is 3. The third-order valence-corrected chi connectivity index (χ3v) is 4.13. The Hall–Kier alpha value is -3.15. The molecule has 0 N–H and O–H groups in total. The fourth-order valence-electron chi connectivity index (χ4n) is 3.02. The molecule has 4 rings (SSSR count). The molecule has 0 atom stereocenters. The summed E-state index contributed by atoms with van der Waals surface area (Å²) in [6, 6.07) is 14.9. The lowest BCUT2D eigenvalue weighted by Gasteiger charge is -2.13. The summed E-state index contributed by atoms with van der Waals surface area (Å²) in [5.74, 6) is 1.91. The highest BCUT2D eigenvalue weighted by atomic mass is 16.5. The van der Waals surface area contributed by atoms with Gasteiger partial charge in [-0.25, -0.2) is 4.57 Å². The molecule has 0 saturated heterocycles. The monoisotopic (exact) mass is 320 g/mol. The summed E-state index contributed by atoms with van der Waals surface area (Å²) in [4.78, 5) is 13.1. The fourth-order valence-corrected chi connectivity index (χ4v) is 3.02. The molecule has 0 fully saturated rings. The molecular weight excluding hydrogens is 304 g/mol. The van der Waals surface area contributed by atoms with Gasteiger partial charge in [0.25, 0.3) is 5.56 Å². The van der Waals surface area contributed by atoms with Crippen molar-refractivity contribution in [2.75, 3.05) is 7.11 Å². The van der Waals surface area contributed by atoms with Gasteiger partial charge in [0.1, 0.15) is 11.6 Å². The Morgan fingerprint density at radius 3 is 2.58 bits per heavy atom. The van der Waals surface area contributed by atoms with Crippen molar-refractivity contribution in [2.24, 2.45) is 0 Å². The second-order valence-electron chi connectivity index (χ2n) is 5.43. The number of benzene rings is 2. The molecule has 0 unspecified atom stereocenters. The molecule has 0 saturated carbocycles. The molecule has 0 aliphatic rings. The maximum absolute atomic E-state index is 13.1. The van der Waals surface area contributed by atoms with Crippen molar-refractivity contribution < 1.29 is 4.74 Å². The summed E-state index contributed by atoms with van der Waals surface area (Å²) < 4.78 is 8.93. The van der Waals surface area contributed by atoms with E-state index in [1.807, 2.05) is 59.9 Å². The SMILES string of the molecule is CCc1nnc2n(-c3ccccc3OC)c(=O)c3ccccc3n12. The van der Waals surface area contributed by atoms with E-state index in [-0.39, 0.29) is 5.56 Å². The molecule has 6 nitrogen and oxygen atoms in total. The van der Waals surface area contributed by atoms with E-state index in [9.17, 15) is 4.79 Å². The smallest absolute Gasteiger partial charge is 0.267 e. The van der Waals surface area contributed by atoms with Crippen molar-refractivity contribution in [3.63, 3.8) is 0 Å². The Morgan fingerprint density at radius 2 is 1.79 bits per heavy atom. The van der Waals surface area contributed by atoms with Crippen LogP contribution in [0.1, 0.15) is 12.7 Å². The van der Waals surface area contributed by atoms with Crippen LogP contribution >= 0.6 is 0 Å². The van der Waals surface area contributed by atoms with Crippen LogP contribution in [-0.4, -0.2) is 26.3 Å². The molecule has 2 aromatic heterocycles. The highest BCUT2D eigenvalue weighted by Gasteiger charge is 2.18. The number of hydrogen-bond acceptors (Lipinski definition) is 4. The van der Waals surface area contributed by atoms with E-state index >= 15 is 0 Å². The number of para-hydroxylation sites is 3. The predicted molar refractivity (Wildman–Crippen MR) is 92.0 cm³/mol. The standard InChI is InChI=1S/C18H16N4O2/c1-3-16-19-20-18-21(16)13-9-5-4-8-12(13)17(23)22(18)14-10-6-7-11-15(14)24-2/h4-11H,3H2,1-2H3. The number of fused-ring (bicyclic) bond motifs is 3. The minimum atomic E-state index is -0.141. The number of nitrogens with zero attached hydrogens (tertiary/aromatic N) is 4. The Bertz CT molecular complexity index is 1110. The van der Waals surface area contributed by atoms with Crippen molar-refractivity contribution >= 4 is 16.7 Å². The first-order valence-electron chi connectivity index (χ1n) is 7.77. The minimum Gasteiger partial charge on any atom is -0.495 e. The lowest BCUT2D eigenvalue weighted by molar-refractivity contribution is 0.413. The second-order valence-corrected chi connectivity index (χ2v) is 5.43. The Morgan fingerprint density at radius 1 is 1.04 bits per heavy atom. The molecule has 0 spiro atoms. The summed E-state index contributed by atoms with van der Waals surface area (Å²) in [7, 11) is 1.59. The maximum atomic E-state index is 13.1. The van der Waals surface area contributed by atoms with E-state index < -0.39 is 0 Å². The first-order valence-corrected chi connectivity index (χ1v) is 7.77. The van der Waals surface area contributed by atoms with Gasteiger partial charge in [-0.1, -0.05) is 31.2 Å². The molecule has 0 aliphatic heterocycles. The van der Waals surface area contributed by atoms with Crippen LogP contribution in [-0.2, 0) is 6.42 Å². The van der Waals surface area contributed by atoms with Gasteiger partial charge < -0.3 is 4.74 Å². The molecule has 2 heterocycles. The average molecular weight is 320 g/mol. The Balaban J connectivity index is 2.25. The van der Waals surface area contributed by atoms with Crippen LogP contribution in [0.15, 0.2) is 53.3 Å². The van der Waals surface area contributed by atoms with Crippen LogP contribution in [0.25, 0.3) is 22.4 Å².